The largest absolute Gasteiger partial charge is 0.381 e. The Balaban J connectivity index is 1.51. The quantitative estimate of drug-likeness (QED) is 0.375. The molecular formula is C31H50O2. The van der Waals surface area contributed by atoms with Crippen molar-refractivity contribution in [3.63, 3.8) is 0 Å². The predicted molar refractivity (Wildman–Crippen MR) is 136 cm³/mol. The van der Waals surface area contributed by atoms with Crippen LogP contribution in [0.3, 0.4) is 0 Å². The fourth-order valence-electron chi connectivity index (χ4n) is 11.2. The molecule has 0 bridgehead atoms. The number of hydrogen-bond donors (Lipinski definition) is 0. The highest BCUT2D eigenvalue weighted by atomic mass is 16.5. The first-order valence-corrected chi connectivity index (χ1v) is 14.1. The van der Waals surface area contributed by atoms with E-state index in [-0.39, 0.29) is 10.8 Å². The van der Waals surface area contributed by atoms with Gasteiger partial charge in [0, 0.05) is 18.9 Å². The minimum absolute atomic E-state index is 0.153. The van der Waals surface area contributed by atoms with E-state index < -0.39 is 0 Å². The van der Waals surface area contributed by atoms with E-state index in [0.717, 1.165) is 24.7 Å². The predicted octanol–water partition coefficient (Wildman–Crippen LogP) is 8.00. The SMILES string of the molecule is CO[C@@H]1CC[C@]2(C)[C@H]3CC[C@@H]4[C@@]5(C)CCC(=O)C(C)(C)[C@@H]5CC[C@@]4(C)C=C3CC[C@H]2C1(C)C. The van der Waals surface area contributed by atoms with Crippen molar-refractivity contribution in [2.45, 2.75) is 119 Å². The Labute approximate surface area is 203 Å². The second kappa shape index (κ2) is 7.44. The monoisotopic (exact) mass is 454 g/mol. The molecule has 0 spiro atoms. The normalized spacial score (nSPS) is 50.7. The molecule has 0 aliphatic heterocycles. The van der Waals surface area contributed by atoms with Crippen LogP contribution in [0, 0.1) is 50.7 Å². The van der Waals surface area contributed by atoms with E-state index in [1.54, 1.807) is 5.57 Å². The fourth-order valence-corrected chi connectivity index (χ4v) is 11.2. The molecule has 5 aliphatic carbocycles. The maximum Gasteiger partial charge on any atom is 0.138 e. The van der Waals surface area contributed by atoms with E-state index >= 15 is 0 Å². The number of fused-ring (bicyclic) bond motifs is 6. The van der Waals surface area contributed by atoms with Crippen LogP contribution in [0.25, 0.3) is 0 Å². The van der Waals surface area contributed by atoms with Crippen molar-refractivity contribution in [3.8, 4) is 0 Å². The highest BCUT2D eigenvalue weighted by Gasteiger charge is 2.62. The molecule has 5 rings (SSSR count). The van der Waals surface area contributed by atoms with Crippen molar-refractivity contribution >= 4 is 5.78 Å². The van der Waals surface area contributed by atoms with Crippen LogP contribution in [-0.4, -0.2) is 19.0 Å². The molecule has 4 saturated carbocycles. The van der Waals surface area contributed by atoms with Gasteiger partial charge in [0.05, 0.1) is 6.10 Å². The maximum absolute atomic E-state index is 12.9. The molecule has 2 nitrogen and oxygen atoms in total. The third kappa shape index (κ3) is 3.17. The van der Waals surface area contributed by atoms with Gasteiger partial charge in [-0.25, -0.2) is 0 Å². The van der Waals surface area contributed by atoms with Crippen molar-refractivity contribution < 1.29 is 9.53 Å². The lowest BCUT2D eigenvalue weighted by atomic mass is 9.42. The number of ketones is 1. The molecule has 0 unspecified atom stereocenters. The molecule has 0 aromatic rings. The first kappa shape index (κ1) is 24.1. The van der Waals surface area contributed by atoms with Crippen molar-refractivity contribution in [2.75, 3.05) is 7.11 Å². The van der Waals surface area contributed by atoms with Gasteiger partial charge in [-0.05, 0) is 103 Å². The lowest BCUT2D eigenvalue weighted by Crippen LogP contribution is -2.57. The number of hydrogen-bond acceptors (Lipinski definition) is 2. The number of rotatable bonds is 1. The molecule has 0 saturated heterocycles. The summed E-state index contributed by atoms with van der Waals surface area (Å²) in [4.78, 5) is 12.9. The van der Waals surface area contributed by atoms with Crippen LogP contribution in [0.15, 0.2) is 11.6 Å². The van der Waals surface area contributed by atoms with E-state index in [0.29, 0.717) is 40.0 Å². The van der Waals surface area contributed by atoms with E-state index in [1.807, 2.05) is 7.11 Å². The lowest BCUT2D eigenvalue weighted by Gasteiger charge is -2.61. The number of ether oxygens (including phenoxy) is 1. The second-order valence-corrected chi connectivity index (χ2v) is 14.8. The lowest BCUT2D eigenvalue weighted by molar-refractivity contribution is -0.156. The molecule has 8 atom stereocenters. The van der Waals surface area contributed by atoms with Crippen molar-refractivity contribution in [1.82, 2.24) is 0 Å². The van der Waals surface area contributed by atoms with E-state index in [9.17, 15) is 4.79 Å². The molecule has 5 aliphatic rings. The van der Waals surface area contributed by atoms with Gasteiger partial charge in [-0.2, -0.15) is 0 Å². The zero-order valence-electron chi connectivity index (χ0n) is 22.9. The summed E-state index contributed by atoms with van der Waals surface area (Å²) in [7, 11) is 1.92. The standard InChI is InChI=1S/C31H50O2/c1-27(2)23-13-16-29(5)19-20-9-11-22-28(3,4)26(33-8)15-18-30(22,6)21(20)10-12-24(29)31(23,7)17-14-25(27)32/h19,21-24,26H,9-18H2,1-8H3/t21-,22-,23-,24-,26+,29-,30+,31-/m0/s1. The fraction of sp³-hybridized carbons (Fsp3) is 0.903. The summed E-state index contributed by atoms with van der Waals surface area (Å²) in [5, 5.41) is 0. The molecule has 0 N–H and O–H groups in total. The highest BCUT2D eigenvalue weighted by Crippen LogP contribution is 2.69. The van der Waals surface area contributed by atoms with Gasteiger partial charge in [0.2, 0.25) is 0 Å². The second-order valence-electron chi connectivity index (χ2n) is 14.8. The van der Waals surface area contributed by atoms with E-state index in [1.165, 1.54) is 51.4 Å². The minimum atomic E-state index is -0.153. The number of carbonyl (C=O) groups is 1. The van der Waals surface area contributed by atoms with Gasteiger partial charge in [0.1, 0.15) is 5.78 Å². The molecule has 2 heteroatoms. The third-order valence-electron chi connectivity index (χ3n) is 12.8. The molecule has 0 heterocycles. The summed E-state index contributed by atoms with van der Waals surface area (Å²) in [5.74, 6) is 3.24. The van der Waals surface area contributed by atoms with Crippen molar-refractivity contribution in [1.29, 1.82) is 0 Å². The number of methoxy groups -OCH3 is 1. The van der Waals surface area contributed by atoms with Gasteiger partial charge in [0.15, 0.2) is 0 Å². The van der Waals surface area contributed by atoms with Crippen molar-refractivity contribution in [3.05, 3.63) is 11.6 Å². The average Bonchev–Trinajstić information content (AvgIpc) is 2.88. The van der Waals surface area contributed by atoms with Gasteiger partial charge in [0.25, 0.3) is 0 Å². The van der Waals surface area contributed by atoms with Crippen LogP contribution in [-0.2, 0) is 9.53 Å². The Kier molecular flexibility index (Phi) is 5.43. The summed E-state index contributed by atoms with van der Waals surface area (Å²) in [6, 6.07) is 0. The first-order chi connectivity index (χ1) is 15.3. The first-order valence-electron chi connectivity index (χ1n) is 14.1. The number of carbonyl (C=O) groups excluding carboxylic acids is 1. The van der Waals surface area contributed by atoms with Gasteiger partial charge >= 0.3 is 0 Å². The van der Waals surface area contributed by atoms with Crippen LogP contribution < -0.4 is 0 Å². The Morgan fingerprint density at radius 3 is 2.18 bits per heavy atom. The van der Waals surface area contributed by atoms with Crippen LogP contribution in [0.4, 0.5) is 0 Å². The summed E-state index contributed by atoms with van der Waals surface area (Å²) in [6.07, 6.45) is 15.4. The number of allylic oxidation sites excluding steroid dienone is 2. The van der Waals surface area contributed by atoms with E-state index in [4.69, 9.17) is 4.74 Å². The molecule has 0 aromatic carbocycles. The molecule has 4 fully saturated rings. The van der Waals surface area contributed by atoms with Gasteiger partial charge < -0.3 is 4.74 Å². The van der Waals surface area contributed by atoms with Crippen LogP contribution in [0.1, 0.15) is 113 Å². The topological polar surface area (TPSA) is 26.3 Å². The molecular weight excluding hydrogens is 404 g/mol. The van der Waals surface area contributed by atoms with Crippen LogP contribution in [0.5, 0.6) is 0 Å². The zero-order valence-corrected chi connectivity index (χ0v) is 22.9. The summed E-state index contributed by atoms with van der Waals surface area (Å²) in [5.41, 5.74) is 2.89. The van der Waals surface area contributed by atoms with Crippen LogP contribution in [0.2, 0.25) is 0 Å². The molecule has 0 amide bonds. The number of Topliss-reactive ketones (excluding diaryl/α,β-unsaturated/α-hetero) is 1. The smallest absolute Gasteiger partial charge is 0.138 e. The average molecular weight is 455 g/mol. The van der Waals surface area contributed by atoms with E-state index in [2.05, 4.69) is 54.5 Å². The Bertz CT molecular complexity index is 851. The third-order valence-corrected chi connectivity index (χ3v) is 12.8. The maximum atomic E-state index is 12.9. The van der Waals surface area contributed by atoms with Crippen molar-refractivity contribution in [2.24, 2.45) is 50.7 Å². The molecule has 186 valence electrons. The minimum Gasteiger partial charge on any atom is -0.381 e. The Morgan fingerprint density at radius 2 is 1.48 bits per heavy atom. The Hall–Kier alpha value is -0.630. The summed E-state index contributed by atoms with van der Waals surface area (Å²) >= 11 is 0. The summed E-state index contributed by atoms with van der Waals surface area (Å²) in [6.45, 7) is 17.3. The summed E-state index contributed by atoms with van der Waals surface area (Å²) < 4.78 is 6.01. The van der Waals surface area contributed by atoms with Gasteiger partial charge in [-0.3, -0.25) is 4.79 Å². The highest BCUT2D eigenvalue weighted by molar-refractivity contribution is 5.85. The Morgan fingerprint density at radius 1 is 0.758 bits per heavy atom. The zero-order chi connectivity index (χ0) is 24.0. The molecule has 0 aromatic heterocycles. The van der Waals surface area contributed by atoms with Crippen LogP contribution >= 0.6 is 0 Å². The van der Waals surface area contributed by atoms with Gasteiger partial charge in [-0.15, -0.1) is 0 Å². The van der Waals surface area contributed by atoms with Gasteiger partial charge in [-0.1, -0.05) is 60.1 Å². The molecule has 0 radical (unpaired) electrons. The molecule has 33 heavy (non-hydrogen) atoms.